The second kappa shape index (κ2) is 8.72. The zero-order valence-corrected chi connectivity index (χ0v) is 18.7. The van der Waals surface area contributed by atoms with Crippen LogP contribution in [0.4, 0.5) is 11.6 Å². The molecular formula is C25H19N9O2. The van der Waals surface area contributed by atoms with E-state index in [2.05, 4.69) is 34.9 Å². The summed E-state index contributed by atoms with van der Waals surface area (Å²) >= 11 is 0. The Morgan fingerprint density at radius 2 is 1.11 bits per heavy atom. The SMILES string of the molecule is Nc1[nH]c(Oc2ncnc(Oc3cc(-c4ccccn4)c(N)[nH]3)c3cncc2-3)cc1-c1ccccn1. The highest BCUT2D eigenvalue weighted by Gasteiger charge is 2.20. The Morgan fingerprint density at radius 1 is 0.611 bits per heavy atom. The Morgan fingerprint density at radius 3 is 1.56 bits per heavy atom. The van der Waals surface area contributed by atoms with Crippen LogP contribution in [0.5, 0.6) is 23.5 Å². The molecule has 176 valence electrons. The molecule has 0 saturated carbocycles. The number of hydrogen-bond donors (Lipinski definition) is 4. The van der Waals surface area contributed by atoms with E-state index >= 15 is 0 Å². The number of aromatic amines is 2. The minimum Gasteiger partial charge on any atom is -0.422 e. The van der Waals surface area contributed by atoms with E-state index < -0.39 is 0 Å². The first-order valence-electron chi connectivity index (χ1n) is 10.9. The van der Waals surface area contributed by atoms with Crippen LogP contribution >= 0.6 is 0 Å². The number of pyridine rings is 2. The lowest BCUT2D eigenvalue weighted by Gasteiger charge is -2.05. The molecule has 0 unspecified atom stereocenters. The van der Waals surface area contributed by atoms with Crippen molar-refractivity contribution in [2.24, 2.45) is 0 Å². The summed E-state index contributed by atoms with van der Waals surface area (Å²) in [6.07, 6.45) is 8.00. The predicted octanol–water partition coefficient (Wildman–Crippen LogP) is 4.51. The van der Waals surface area contributed by atoms with Gasteiger partial charge in [0.25, 0.3) is 0 Å². The van der Waals surface area contributed by atoms with Crippen LogP contribution in [0.1, 0.15) is 0 Å². The van der Waals surface area contributed by atoms with Crippen molar-refractivity contribution in [1.82, 2.24) is 34.9 Å². The number of fused-ring (bicyclic) bond motifs is 1. The van der Waals surface area contributed by atoms with E-state index in [-0.39, 0.29) is 11.8 Å². The topological polar surface area (TPSA) is 167 Å². The fraction of sp³-hybridized carbons (Fsp3) is 0. The van der Waals surface area contributed by atoms with E-state index in [0.29, 0.717) is 34.5 Å². The lowest BCUT2D eigenvalue weighted by atomic mass is 10.2. The summed E-state index contributed by atoms with van der Waals surface area (Å²) in [5.74, 6) is 2.20. The number of H-pyrrole nitrogens is 2. The standard InChI is InChI=1S/C25H19N9O2/c26-22-14(18-5-1-3-7-29-18)9-20(33-22)35-24-16-11-28-12-17(16)25(32-13-31-24)36-21-10-15(23(27)34-21)19-6-2-4-8-30-19/h1-13,33-34H,26-27H2. The number of nitrogens with one attached hydrogen (secondary N) is 2. The van der Waals surface area contributed by atoms with Crippen LogP contribution in [0.15, 0.2) is 79.6 Å². The third-order valence-corrected chi connectivity index (χ3v) is 5.45. The lowest BCUT2D eigenvalue weighted by Crippen LogP contribution is -1.91. The van der Waals surface area contributed by atoms with Crippen LogP contribution in [-0.2, 0) is 0 Å². The molecule has 0 saturated heterocycles. The van der Waals surface area contributed by atoms with Crippen LogP contribution in [0.2, 0.25) is 0 Å². The molecule has 4 aromatic heterocycles. The fourth-order valence-corrected chi connectivity index (χ4v) is 3.78. The Bertz CT molecular complexity index is 1500. The maximum atomic E-state index is 6.15. The van der Waals surface area contributed by atoms with Gasteiger partial charge >= 0.3 is 0 Å². The molecule has 11 nitrogen and oxygen atoms in total. The summed E-state index contributed by atoms with van der Waals surface area (Å²) in [4.78, 5) is 27.6. The molecule has 2 aliphatic heterocycles. The first-order chi connectivity index (χ1) is 17.7. The lowest BCUT2D eigenvalue weighted by molar-refractivity contribution is 0.450. The zero-order valence-electron chi connectivity index (χ0n) is 18.7. The first-order valence-corrected chi connectivity index (χ1v) is 10.9. The van der Waals surface area contributed by atoms with Crippen molar-refractivity contribution in [3.63, 3.8) is 0 Å². The van der Waals surface area contributed by atoms with Crippen LogP contribution in [0, 0.1) is 0 Å². The minimum absolute atomic E-state index is 0.277. The van der Waals surface area contributed by atoms with Gasteiger partial charge in [0.2, 0.25) is 23.5 Å². The van der Waals surface area contributed by atoms with Crippen LogP contribution in [0.25, 0.3) is 33.6 Å². The summed E-state index contributed by atoms with van der Waals surface area (Å²) in [5, 5.41) is 0. The molecule has 6 N–H and O–H groups in total. The number of ether oxygens (including phenoxy) is 2. The van der Waals surface area contributed by atoms with E-state index in [9.17, 15) is 0 Å². The quantitative estimate of drug-likeness (QED) is 0.270. The van der Waals surface area contributed by atoms with Gasteiger partial charge in [-0.3, -0.25) is 15.0 Å². The second-order valence-electron chi connectivity index (χ2n) is 7.77. The predicted molar refractivity (Wildman–Crippen MR) is 133 cm³/mol. The third kappa shape index (κ3) is 3.90. The molecule has 36 heavy (non-hydrogen) atoms. The van der Waals surface area contributed by atoms with Crippen LogP contribution in [0.3, 0.4) is 0 Å². The van der Waals surface area contributed by atoms with E-state index in [0.717, 1.165) is 22.5 Å². The highest BCUT2D eigenvalue weighted by atomic mass is 16.5. The minimum atomic E-state index is 0.277. The number of nitrogen functional groups attached to an aromatic ring is 2. The highest BCUT2D eigenvalue weighted by molar-refractivity contribution is 5.76. The molecule has 6 heterocycles. The van der Waals surface area contributed by atoms with Gasteiger partial charge in [0.1, 0.15) is 18.0 Å². The van der Waals surface area contributed by atoms with Gasteiger partial charge in [-0.05, 0) is 24.3 Å². The second-order valence-corrected chi connectivity index (χ2v) is 7.77. The number of rotatable bonds is 6. The van der Waals surface area contributed by atoms with Gasteiger partial charge in [0.15, 0.2) is 0 Å². The first kappa shape index (κ1) is 21.1. The fourth-order valence-electron chi connectivity index (χ4n) is 3.78. The average molecular weight is 477 g/mol. The highest BCUT2D eigenvalue weighted by Crippen LogP contribution is 2.40. The van der Waals surface area contributed by atoms with Crippen LogP contribution < -0.4 is 20.9 Å². The van der Waals surface area contributed by atoms with E-state index in [4.69, 9.17) is 20.9 Å². The smallest absolute Gasteiger partial charge is 0.232 e. The van der Waals surface area contributed by atoms with Gasteiger partial charge in [-0.15, -0.1) is 0 Å². The molecular weight excluding hydrogens is 458 g/mol. The Hall–Kier alpha value is -5.45. The molecule has 0 amide bonds. The van der Waals surface area contributed by atoms with Gasteiger partial charge in [0.05, 0.1) is 22.5 Å². The summed E-state index contributed by atoms with van der Waals surface area (Å²) in [6.45, 7) is 0. The molecule has 2 aliphatic rings. The van der Waals surface area contributed by atoms with Gasteiger partial charge < -0.3 is 30.9 Å². The van der Waals surface area contributed by atoms with E-state index in [1.165, 1.54) is 6.33 Å². The van der Waals surface area contributed by atoms with Crippen molar-refractivity contribution >= 4 is 11.6 Å². The maximum absolute atomic E-state index is 6.15. The number of aromatic nitrogens is 7. The number of anilines is 2. The van der Waals surface area contributed by atoms with Crippen molar-refractivity contribution in [2.45, 2.75) is 0 Å². The number of nitrogens with zero attached hydrogens (tertiary/aromatic N) is 5. The molecule has 4 aromatic rings. The molecule has 0 bridgehead atoms. The molecule has 0 aliphatic carbocycles. The molecule has 6 rings (SSSR count). The Kier molecular flexibility index (Phi) is 5.11. The summed E-state index contributed by atoms with van der Waals surface area (Å²) in [7, 11) is 0. The Balaban J connectivity index is 1.28. The molecule has 11 heteroatoms. The van der Waals surface area contributed by atoms with E-state index in [1.54, 1.807) is 36.9 Å². The number of nitrogens with two attached hydrogens (primary N) is 2. The molecule has 0 atom stereocenters. The molecule has 0 radical (unpaired) electrons. The summed E-state index contributed by atoms with van der Waals surface area (Å²) in [6, 6.07) is 14.7. The van der Waals surface area contributed by atoms with Gasteiger partial charge in [0, 0.05) is 48.0 Å². The van der Waals surface area contributed by atoms with Gasteiger partial charge in [-0.2, -0.15) is 0 Å². The summed E-state index contributed by atoms with van der Waals surface area (Å²) < 4.78 is 12.1. The monoisotopic (exact) mass is 477 g/mol. The van der Waals surface area contributed by atoms with E-state index in [1.807, 2.05) is 36.4 Å². The van der Waals surface area contributed by atoms with Crippen molar-refractivity contribution in [3.05, 3.63) is 79.6 Å². The van der Waals surface area contributed by atoms with Crippen molar-refractivity contribution in [2.75, 3.05) is 11.5 Å². The largest absolute Gasteiger partial charge is 0.422 e. The van der Waals surface area contributed by atoms with Crippen LogP contribution in [-0.4, -0.2) is 34.9 Å². The molecule has 0 fully saturated rings. The zero-order chi connectivity index (χ0) is 24.5. The molecule has 0 spiro atoms. The third-order valence-electron chi connectivity index (χ3n) is 5.45. The average Bonchev–Trinajstić information content (AvgIpc) is 3.60. The van der Waals surface area contributed by atoms with Gasteiger partial charge in [-0.1, -0.05) is 12.1 Å². The maximum Gasteiger partial charge on any atom is 0.232 e. The normalized spacial score (nSPS) is 11.0. The van der Waals surface area contributed by atoms with Crippen molar-refractivity contribution < 1.29 is 9.47 Å². The summed E-state index contributed by atoms with van der Waals surface area (Å²) in [5.41, 5.74) is 16.4. The van der Waals surface area contributed by atoms with Crippen molar-refractivity contribution in [3.8, 4) is 57.2 Å². The Labute approximate surface area is 204 Å². The number of hydrogen-bond acceptors (Lipinski definition) is 9. The van der Waals surface area contributed by atoms with Crippen molar-refractivity contribution in [1.29, 1.82) is 0 Å². The molecule has 0 aromatic carbocycles. The van der Waals surface area contributed by atoms with Gasteiger partial charge in [-0.25, -0.2) is 9.97 Å².